The van der Waals surface area contributed by atoms with Gasteiger partial charge in [-0.3, -0.25) is 4.79 Å². The second-order valence-corrected chi connectivity index (χ2v) is 12.9. The summed E-state index contributed by atoms with van der Waals surface area (Å²) in [5.41, 5.74) is 5.44. The third kappa shape index (κ3) is 6.25. The average molecular weight is 569 g/mol. The van der Waals surface area contributed by atoms with Crippen LogP contribution in [-0.4, -0.2) is 44.2 Å². The summed E-state index contributed by atoms with van der Waals surface area (Å²) >= 11 is 0. The molecule has 0 bridgehead atoms. The van der Waals surface area contributed by atoms with E-state index in [1.165, 1.54) is 6.07 Å². The van der Waals surface area contributed by atoms with Crippen molar-refractivity contribution in [2.75, 3.05) is 24.7 Å². The molecule has 3 aromatic carbocycles. The van der Waals surface area contributed by atoms with Crippen molar-refractivity contribution in [2.24, 2.45) is 5.92 Å². The molecule has 2 aliphatic rings. The standard InChI is InChI=1S/C31H33FO7S/c1-3-40(35,36)12-4-10-37-23-13-19(2)30-21(15-23)9-11-38-29-8-5-20(14-27(29)30)18-39-22-6-7-24(28(32)16-22)25-17-26(25)31(33)34/h5-8,13-16,25-26H,3-4,9-12,17-18H2,1-2H3,(H,33,34). The Morgan fingerprint density at radius 2 is 1.93 bits per heavy atom. The Bertz CT molecular complexity index is 1530. The van der Waals surface area contributed by atoms with Crippen LogP contribution >= 0.6 is 0 Å². The van der Waals surface area contributed by atoms with Crippen LogP contribution < -0.4 is 14.2 Å². The molecule has 0 radical (unpaired) electrons. The molecule has 0 aromatic heterocycles. The summed E-state index contributed by atoms with van der Waals surface area (Å²) in [6.07, 6.45) is 1.60. The molecular formula is C31H33FO7S. The highest BCUT2D eigenvalue weighted by molar-refractivity contribution is 7.91. The molecule has 40 heavy (non-hydrogen) atoms. The average Bonchev–Trinajstić information content (AvgIpc) is 3.73. The minimum Gasteiger partial charge on any atom is -0.494 e. The largest absolute Gasteiger partial charge is 0.494 e. The van der Waals surface area contributed by atoms with Crippen LogP contribution in [0.4, 0.5) is 4.39 Å². The molecule has 0 amide bonds. The fourth-order valence-corrected chi connectivity index (χ4v) is 6.09. The fourth-order valence-electron chi connectivity index (χ4n) is 5.24. The van der Waals surface area contributed by atoms with Gasteiger partial charge in [0.15, 0.2) is 0 Å². The third-order valence-corrected chi connectivity index (χ3v) is 9.32. The maximum absolute atomic E-state index is 14.7. The van der Waals surface area contributed by atoms with Crippen LogP contribution in [0.2, 0.25) is 0 Å². The lowest BCUT2D eigenvalue weighted by Crippen LogP contribution is -2.12. The van der Waals surface area contributed by atoms with Crippen LogP contribution in [0.1, 0.15) is 47.9 Å². The molecule has 1 aliphatic carbocycles. The van der Waals surface area contributed by atoms with E-state index in [4.69, 9.17) is 19.3 Å². The van der Waals surface area contributed by atoms with Gasteiger partial charge in [-0.25, -0.2) is 12.8 Å². The lowest BCUT2D eigenvalue weighted by Gasteiger charge is -2.16. The van der Waals surface area contributed by atoms with E-state index in [2.05, 4.69) is 0 Å². The van der Waals surface area contributed by atoms with Crippen molar-refractivity contribution in [3.05, 3.63) is 76.6 Å². The van der Waals surface area contributed by atoms with Gasteiger partial charge >= 0.3 is 5.97 Å². The summed E-state index contributed by atoms with van der Waals surface area (Å²) in [4.78, 5) is 11.1. The van der Waals surface area contributed by atoms with Crippen molar-refractivity contribution in [3.63, 3.8) is 0 Å². The van der Waals surface area contributed by atoms with E-state index in [0.717, 1.165) is 33.6 Å². The van der Waals surface area contributed by atoms with Gasteiger partial charge in [0.2, 0.25) is 0 Å². The highest BCUT2D eigenvalue weighted by Gasteiger charge is 2.45. The van der Waals surface area contributed by atoms with Crippen LogP contribution in [0.15, 0.2) is 48.5 Å². The number of carbonyl (C=O) groups is 1. The Balaban J connectivity index is 1.29. The lowest BCUT2D eigenvalue weighted by molar-refractivity contribution is -0.138. The fraction of sp³-hybridized carbons (Fsp3) is 0.387. The molecule has 1 fully saturated rings. The first-order chi connectivity index (χ1) is 19.1. The number of aliphatic carboxylic acids is 1. The van der Waals surface area contributed by atoms with Crippen molar-refractivity contribution in [2.45, 2.75) is 45.6 Å². The second kappa shape index (κ2) is 11.5. The van der Waals surface area contributed by atoms with E-state index in [9.17, 15) is 17.6 Å². The smallest absolute Gasteiger partial charge is 0.307 e. The van der Waals surface area contributed by atoms with Crippen LogP contribution in [0.25, 0.3) is 11.1 Å². The zero-order valence-corrected chi connectivity index (χ0v) is 23.4. The van der Waals surface area contributed by atoms with E-state index < -0.39 is 27.5 Å². The van der Waals surface area contributed by atoms with Crippen LogP contribution in [-0.2, 0) is 27.7 Å². The van der Waals surface area contributed by atoms with Gasteiger partial charge in [-0.2, -0.15) is 0 Å². The third-order valence-electron chi connectivity index (χ3n) is 7.53. The van der Waals surface area contributed by atoms with Gasteiger partial charge in [-0.1, -0.05) is 19.1 Å². The molecule has 1 aliphatic heterocycles. The molecule has 3 aromatic rings. The molecule has 1 heterocycles. The summed E-state index contributed by atoms with van der Waals surface area (Å²) in [7, 11) is -3.02. The SMILES string of the molecule is CCS(=O)(=O)CCCOc1cc(C)c2c(c1)CCOc1ccc(COc3ccc(C4CC4C(=O)O)c(F)c3)cc1-2. The zero-order chi connectivity index (χ0) is 28.4. The Morgan fingerprint density at radius 3 is 2.65 bits per heavy atom. The summed E-state index contributed by atoms with van der Waals surface area (Å²) in [6, 6.07) is 14.4. The molecule has 2 unspecified atom stereocenters. The first kappa shape index (κ1) is 28.0. The Kier molecular flexibility index (Phi) is 8.03. The number of hydrogen-bond donors (Lipinski definition) is 1. The molecule has 1 N–H and O–H groups in total. The van der Waals surface area contributed by atoms with Crippen LogP contribution in [0.5, 0.6) is 17.2 Å². The van der Waals surface area contributed by atoms with Crippen molar-refractivity contribution in [1.29, 1.82) is 0 Å². The zero-order valence-electron chi connectivity index (χ0n) is 22.6. The van der Waals surface area contributed by atoms with Crippen LogP contribution in [0, 0.1) is 18.7 Å². The number of fused-ring (bicyclic) bond motifs is 3. The van der Waals surface area contributed by atoms with Crippen LogP contribution in [0.3, 0.4) is 0 Å². The normalized spacial score (nSPS) is 17.7. The lowest BCUT2D eigenvalue weighted by atomic mass is 9.92. The number of ether oxygens (including phenoxy) is 3. The molecule has 9 heteroatoms. The Labute approximate surface area is 233 Å². The first-order valence-corrected chi connectivity index (χ1v) is 15.3. The quantitative estimate of drug-likeness (QED) is 0.296. The number of carboxylic acid groups (broad SMARTS) is 1. The summed E-state index contributed by atoms with van der Waals surface area (Å²) in [5, 5.41) is 9.13. The van der Waals surface area contributed by atoms with Gasteiger partial charge in [-0.05, 0) is 77.9 Å². The first-order valence-electron chi connectivity index (χ1n) is 13.5. The van der Waals surface area contributed by atoms with Crippen molar-refractivity contribution in [3.8, 4) is 28.4 Å². The maximum atomic E-state index is 14.7. The summed E-state index contributed by atoms with van der Waals surface area (Å²) in [6.45, 7) is 4.74. The van der Waals surface area contributed by atoms with Crippen molar-refractivity contribution < 1.29 is 36.9 Å². The van der Waals surface area contributed by atoms with Gasteiger partial charge in [-0.15, -0.1) is 0 Å². The Hall–Kier alpha value is -3.59. The van der Waals surface area contributed by atoms with Gasteiger partial charge in [0.05, 0.1) is 24.9 Å². The van der Waals surface area contributed by atoms with Gasteiger partial charge in [0.1, 0.15) is 39.5 Å². The number of carboxylic acids is 1. The van der Waals surface area contributed by atoms with Crippen molar-refractivity contribution >= 4 is 15.8 Å². The minimum absolute atomic E-state index is 0.113. The number of hydrogen-bond acceptors (Lipinski definition) is 6. The molecule has 5 rings (SSSR count). The number of aryl methyl sites for hydroxylation is 1. The van der Waals surface area contributed by atoms with E-state index in [0.29, 0.717) is 49.5 Å². The highest BCUT2D eigenvalue weighted by Crippen LogP contribution is 2.48. The molecule has 2 atom stereocenters. The highest BCUT2D eigenvalue weighted by atomic mass is 32.2. The van der Waals surface area contributed by atoms with Gasteiger partial charge in [0.25, 0.3) is 0 Å². The maximum Gasteiger partial charge on any atom is 0.307 e. The number of benzene rings is 3. The molecule has 7 nitrogen and oxygen atoms in total. The van der Waals surface area contributed by atoms with Crippen molar-refractivity contribution in [1.82, 2.24) is 0 Å². The second-order valence-electron chi connectivity index (χ2n) is 10.4. The molecule has 1 saturated carbocycles. The minimum atomic E-state index is -3.02. The van der Waals surface area contributed by atoms with Gasteiger partial charge < -0.3 is 19.3 Å². The van der Waals surface area contributed by atoms with E-state index in [-0.39, 0.29) is 24.0 Å². The monoisotopic (exact) mass is 568 g/mol. The molecular weight excluding hydrogens is 535 g/mol. The number of sulfone groups is 1. The van der Waals surface area contributed by atoms with E-state index in [1.54, 1.807) is 19.1 Å². The van der Waals surface area contributed by atoms with E-state index in [1.807, 2.05) is 37.3 Å². The molecule has 212 valence electrons. The predicted molar refractivity (Wildman–Crippen MR) is 149 cm³/mol. The summed E-state index contributed by atoms with van der Waals surface area (Å²) < 4.78 is 56.0. The summed E-state index contributed by atoms with van der Waals surface area (Å²) in [5.74, 6) is -0.0167. The van der Waals surface area contributed by atoms with Gasteiger partial charge in [0, 0.05) is 29.7 Å². The predicted octanol–water partition coefficient (Wildman–Crippen LogP) is 5.71. The number of halogens is 1. The Morgan fingerprint density at radius 1 is 1.10 bits per heavy atom. The molecule has 0 spiro atoms. The molecule has 0 saturated heterocycles. The topological polar surface area (TPSA) is 99.1 Å². The number of rotatable bonds is 11. The van der Waals surface area contributed by atoms with E-state index >= 15 is 0 Å².